The summed E-state index contributed by atoms with van der Waals surface area (Å²) in [5, 5.41) is 16.8. The van der Waals surface area contributed by atoms with Gasteiger partial charge in [-0.3, -0.25) is 9.59 Å². The molecule has 3 aromatic rings. The number of nitrogens with one attached hydrogen (secondary N) is 1. The molecule has 0 unspecified atom stereocenters. The van der Waals surface area contributed by atoms with E-state index in [9.17, 15) is 14.7 Å². The normalized spacial score (nSPS) is 13.9. The molecule has 0 aliphatic rings. The number of aromatic nitrogens is 4. The van der Waals surface area contributed by atoms with Crippen molar-refractivity contribution >= 4 is 22.5 Å². The van der Waals surface area contributed by atoms with Crippen LogP contribution in [0.3, 0.4) is 0 Å². The number of hydrogen-bond donors (Lipinski definition) is 2. The van der Waals surface area contributed by atoms with Crippen LogP contribution in [0.2, 0.25) is 0 Å². The summed E-state index contributed by atoms with van der Waals surface area (Å²) in [4.78, 5) is 29.1. The van der Waals surface area contributed by atoms with Gasteiger partial charge in [-0.05, 0) is 12.0 Å². The molecule has 2 atom stereocenters. The molecule has 0 saturated heterocycles. The molecule has 0 bridgehead atoms. The van der Waals surface area contributed by atoms with Gasteiger partial charge >= 0.3 is 0 Å². The molecule has 3 rings (SSSR count). The van der Waals surface area contributed by atoms with Crippen molar-refractivity contribution < 1.29 is 9.90 Å². The summed E-state index contributed by atoms with van der Waals surface area (Å²) < 4.78 is 2.92. The zero-order valence-corrected chi connectivity index (χ0v) is 14.2. The van der Waals surface area contributed by atoms with Crippen LogP contribution < -0.4 is 10.9 Å². The van der Waals surface area contributed by atoms with Crippen molar-refractivity contribution in [3.63, 3.8) is 0 Å². The van der Waals surface area contributed by atoms with E-state index >= 15 is 0 Å². The summed E-state index contributed by atoms with van der Waals surface area (Å²) in [5.74, 6) is -0.159. The number of pyridine rings is 1. The molecule has 3 heterocycles. The number of carbonyl (C=O) groups is 1. The zero-order chi connectivity index (χ0) is 18.0. The van der Waals surface area contributed by atoms with Crippen molar-refractivity contribution in [2.75, 3.05) is 6.61 Å². The number of carbonyl (C=O) groups excluding carboxylic acids is 1. The molecule has 0 fully saturated rings. The van der Waals surface area contributed by atoms with Crippen LogP contribution in [0.15, 0.2) is 35.5 Å². The average Bonchev–Trinajstić information content (AvgIpc) is 3.10. The maximum atomic E-state index is 12.6. The van der Waals surface area contributed by atoms with Gasteiger partial charge in [0.2, 0.25) is 5.91 Å². The van der Waals surface area contributed by atoms with E-state index in [1.54, 1.807) is 29.0 Å². The molecule has 2 N–H and O–H groups in total. The van der Waals surface area contributed by atoms with Crippen molar-refractivity contribution in [1.29, 1.82) is 0 Å². The van der Waals surface area contributed by atoms with E-state index in [4.69, 9.17) is 0 Å². The summed E-state index contributed by atoms with van der Waals surface area (Å²) >= 11 is 0. The third-order valence-electron chi connectivity index (χ3n) is 4.54. The highest BCUT2D eigenvalue weighted by Gasteiger charge is 2.18. The van der Waals surface area contributed by atoms with Crippen LogP contribution in [0, 0.1) is 5.92 Å². The maximum Gasteiger partial charge on any atom is 0.262 e. The third-order valence-corrected chi connectivity index (χ3v) is 4.54. The van der Waals surface area contributed by atoms with Gasteiger partial charge in [-0.2, -0.15) is 5.10 Å². The highest BCUT2D eigenvalue weighted by molar-refractivity contribution is 5.80. The summed E-state index contributed by atoms with van der Waals surface area (Å²) in [6, 6.07) is 3.17. The van der Waals surface area contributed by atoms with Crippen LogP contribution in [0.4, 0.5) is 0 Å². The molecule has 8 heteroatoms. The lowest BCUT2D eigenvalue weighted by atomic mass is 10.00. The summed E-state index contributed by atoms with van der Waals surface area (Å²) in [5.41, 5.74) is 0.993. The Morgan fingerprint density at radius 1 is 1.40 bits per heavy atom. The van der Waals surface area contributed by atoms with E-state index in [1.165, 1.54) is 10.8 Å². The SMILES string of the molecule is CC[C@@H](C)[C@H](CO)NC(=O)Cn1ccc2c(cnc3ccnn32)c1=O. The largest absolute Gasteiger partial charge is 0.394 e. The lowest BCUT2D eigenvalue weighted by Gasteiger charge is -2.22. The monoisotopic (exact) mass is 343 g/mol. The molecular formula is C17H21N5O3. The zero-order valence-electron chi connectivity index (χ0n) is 14.2. The van der Waals surface area contributed by atoms with Crippen LogP contribution in [0.5, 0.6) is 0 Å². The van der Waals surface area contributed by atoms with Gasteiger partial charge in [0.1, 0.15) is 6.54 Å². The van der Waals surface area contributed by atoms with E-state index in [0.29, 0.717) is 16.6 Å². The van der Waals surface area contributed by atoms with E-state index in [-0.39, 0.29) is 36.6 Å². The second kappa shape index (κ2) is 7.02. The second-order valence-corrected chi connectivity index (χ2v) is 6.15. The Labute approximate surface area is 144 Å². The Balaban J connectivity index is 1.86. The second-order valence-electron chi connectivity index (χ2n) is 6.15. The van der Waals surface area contributed by atoms with Crippen molar-refractivity contribution in [3.05, 3.63) is 41.1 Å². The Kier molecular flexibility index (Phi) is 4.80. The summed E-state index contributed by atoms with van der Waals surface area (Å²) in [6.45, 7) is 3.72. The molecule has 0 aliphatic heterocycles. The molecular weight excluding hydrogens is 322 g/mol. The van der Waals surface area contributed by atoms with E-state index in [1.807, 2.05) is 13.8 Å². The number of aliphatic hydroxyl groups excluding tert-OH is 1. The maximum absolute atomic E-state index is 12.6. The molecule has 132 valence electrons. The van der Waals surface area contributed by atoms with E-state index < -0.39 is 0 Å². The lowest BCUT2D eigenvalue weighted by molar-refractivity contribution is -0.123. The molecule has 1 amide bonds. The number of hydrogen-bond acceptors (Lipinski definition) is 5. The van der Waals surface area contributed by atoms with Gasteiger partial charge in [-0.1, -0.05) is 20.3 Å². The quantitative estimate of drug-likeness (QED) is 0.681. The first kappa shape index (κ1) is 17.1. The molecule has 25 heavy (non-hydrogen) atoms. The minimum Gasteiger partial charge on any atom is -0.394 e. The first-order valence-electron chi connectivity index (χ1n) is 8.27. The number of nitrogens with zero attached hydrogens (tertiary/aromatic N) is 4. The van der Waals surface area contributed by atoms with Gasteiger partial charge in [-0.25, -0.2) is 9.50 Å². The van der Waals surface area contributed by atoms with Crippen molar-refractivity contribution in [2.24, 2.45) is 5.92 Å². The number of amides is 1. The molecule has 3 aromatic heterocycles. The Morgan fingerprint density at radius 3 is 2.92 bits per heavy atom. The van der Waals surface area contributed by atoms with E-state index in [0.717, 1.165) is 6.42 Å². The minimum absolute atomic E-state index is 0.112. The standard InChI is InChI=1S/C17H21N5O3/c1-3-11(2)13(10-23)20-16(24)9-21-7-5-14-12(17(21)25)8-18-15-4-6-19-22(14)15/h4-8,11,13,23H,3,9-10H2,1-2H3,(H,20,24)/t11-,13+/m1/s1. The van der Waals surface area contributed by atoms with Crippen LogP contribution in [-0.4, -0.2) is 42.8 Å². The molecule has 0 aliphatic carbocycles. The Morgan fingerprint density at radius 2 is 2.20 bits per heavy atom. The van der Waals surface area contributed by atoms with Crippen molar-refractivity contribution in [3.8, 4) is 0 Å². The molecule has 0 radical (unpaired) electrons. The molecule has 0 spiro atoms. The molecule has 0 aromatic carbocycles. The van der Waals surface area contributed by atoms with Crippen molar-refractivity contribution in [1.82, 2.24) is 24.5 Å². The first-order valence-corrected chi connectivity index (χ1v) is 8.27. The highest BCUT2D eigenvalue weighted by Crippen LogP contribution is 2.10. The number of fused-ring (bicyclic) bond motifs is 3. The highest BCUT2D eigenvalue weighted by atomic mass is 16.3. The van der Waals surface area contributed by atoms with Crippen molar-refractivity contribution in [2.45, 2.75) is 32.9 Å². The molecule has 0 saturated carbocycles. The minimum atomic E-state index is -0.320. The van der Waals surface area contributed by atoms with Gasteiger partial charge in [0, 0.05) is 18.5 Å². The summed E-state index contributed by atoms with van der Waals surface area (Å²) in [7, 11) is 0. The average molecular weight is 343 g/mol. The van der Waals surface area contributed by atoms with E-state index in [2.05, 4.69) is 15.4 Å². The van der Waals surface area contributed by atoms with Crippen LogP contribution in [0.25, 0.3) is 16.6 Å². The van der Waals surface area contributed by atoms with Gasteiger partial charge in [0.05, 0.1) is 29.7 Å². The van der Waals surface area contributed by atoms with Crippen LogP contribution >= 0.6 is 0 Å². The predicted octanol–water partition coefficient (Wildman–Crippen LogP) is 0.567. The number of rotatable bonds is 6. The molecule has 8 nitrogen and oxygen atoms in total. The Bertz CT molecular complexity index is 962. The Hall–Kier alpha value is -2.74. The third kappa shape index (κ3) is 3.25. The first-order chi connectivity index (χ1) is 12.0. The predicted molar refractivity (Wildman–Crippen MR) is 93.2 cm³/mol. The number of aliphatic hydroxyl groups is 1. The van der Waals surface area contributed by atoms with Gasteiger partial charge in [-0.15, -0.1) is 0 Å². The van der Waals surface area contributed by atoms with Gasteiger partial charge in [0.25, 0.3) is 5.56 Å². The fourth-order valence-corrected chi connectivity index (χ4v) is 2.78. The fraction of sp³-hybridized carbons (Fsp3) is 0.412. The summed E-state index contributed by atoms with van der Waals surface area (Å²) in [6.07, 6.45) is 5.53. The van der Waals surface area contributed by atoms with Gasteiger partial charge in [0.15, 0.2) is 5.65 Å². The van der Waals surface area contributed by atoms with Crippen LogP contribution in [0.1, 0.15) is 20.3 Å². The van der Waals surface area contributed by atoms with Crippen LogP contribution in [-0.2, 0) is 11.3 Å². The smallest absolute Gasteiger partial charge is 0.262 e. The topological polar surface area (TPSA) is 102 Å². The lowest BCUT2D eigenvalue weighted by Crippen LogP contribution is -2.44. The van der Waals surface area contributed by atoms with Gasteiger partial charge < -0.3 is 15.0 Å². The fourth-order valence-electron chi connectivity index (χ4n) is 2.78.